The highest BCUT2D eigenvalue weighted by Gasteiger charge is 2.36. The van der Waals surface area contributed by atoms with Crippen LogP contribution >= 0.6 is 0 Å². The highest BCUT2D eigenvalue weighted by atomic mass is 16.6. The average Bonchev–Trinajstić information content (AvgIpc) is 2.94. The van der Waals surface area contributed by atoms with Gasteiger partial charge in [0.05, 0.1) is 0 Å². The summed E-state index contributed by atoms with van der Waals surface area (Å²) < 4.78 is 5.51. The molecule has 0 heterocycles. The van der Waals surface area contributed by atoms with E-state index in [1.807, 2.05) is 62.4 Å². The summed E-state index contributed by atoms with van der Waals surface area (Å²) in [7, 11) is 0. The van der Waals surface area contributed by atoms with Crippen molar-refractivity contribution in [2.24, 2.45) is 0 Å². The van der Waals surface area contributed by atoms with Gasteiger partial charge in [0, 0.05) is 18.7 Å². The van der Waals surface area contributed by atoms with E-state index in [-0.39, 0.29) is 18.1 Å². The fraction of sp³-hybridized carbons (Fsp3) is 0.400. The number of amides is 3. The zero-order valence-corrected chi connectivity index (χ0v) is 26.1. The predicted octanol–water partition coefficient (Wildman–Crippen LogP) is 6.84. The van der Waals surface area contributed by atoms with Gasteiger partial charge >= 0.3 is 6.09 Å². The normalized spacial score (nSPS) is 12.6. The number of carbonyl (C=O) groups excluding carboxylic acids is 3. The molecule has 8 heteroatoms. The van der Waals surface area contributed by atoms with Crippen LogP contribution in [-0.2, 0) is 20.7 Å². The molecule has 0 fully saturated rings. The Hall–Kier alpha value is -4.33. The number of rotatable bonds is 12. The van der Waals surface area contributed by atoms with Crippen LogP contribution in [0.4, 0.5) is 10.5 Å². The summed E-state index contributed by atoms with van der Waals surface area (Å²) in [4.78, 5) is 43.2. The lowest BCUT2D eigenvalue weighted by molar-refractivity contribution is -0.140. The second-order valence-corrected chi connectivity index (χ2v) is 11.9. The molecule has 230 valence electrons. The molecule has 0 bridgehead atoms. The number of aryl methyl sites for hydroxylation is 2. The minimum atomic E-state index is -1.03. The third kappa shape index (κ3) is 10.2. The second-order valence-electron chi connectivity index (χ2n) is 11.9. The first-order valence-electron chi connectivity index (χ1n) is 14.9. The molecule has 3 rings (SSSR count). The van der Waals surface area contributed by atoms with E-state index in [1.165, 1.54) is 12.1 Å². The first kappa shape index (κ1) is 33.2. The van der Waals surface area contributed by atoms with Crippen molar-refractivity contribution in [1.82, 2.24) is 10.2 Å². The number of phenolic OH excluding ortho intramolecular Hbond substituents is 1. The van der Waals surface area contributed by atoms with Crippen molar-refractivity contribution in [3.8, 4) is 5.75 Å². The highest BCUT2D eigenvalue weighted by Crippen LogP contribution is 2.27. The summed E-state index contributed by atoms with van der Waals surface area (Å²) in [6.45, 7) is 11.5. The summed E-state index contributed by atoms with van der Waals surface area (Å²) >= 11 is 0. The first-order chi connectivity index (χ1) is 20.4. The van der Waals surface area contributed by atoms with Crippen LogP contribution in [0, 0.1) is 13.8 Å². The lowest BCUT2D eigenvalue weighted by atomic mass is 9.98. The largest absolute Gasteiger partial charge is 0.508 e. The zero-order chi connectivity index (χ0) is 31.6. The topological polar surface area (TPSA) is 108 Å². The summed E-state index contributed by atoms with van der Waals surface area (Å²) in [5.74, 6) is -0.649. The average molecular weight is 588 g/mol. The van der Waals surface area contributed by atoms with E-state index in [1.54, 1.807) is 37.8 Å². The molecule has 0 aliphatic rings. The molecule has 0 aliphatic heterocycles. The molecule has 3 N–H and O–H groups in total. The Kier molecular flexibility index (Phi) is 11.8. The van der Waals surface area contributed by atoms with Crippen molar-refractivity contribution in [2.75, 3.05) is 11.9 Å². The van der Waals surface area contributed by atoms with Crippen LogP contribution in [0.3, 0.4) is 0 Å². The monoisotopic (exact) mass is 587 g/mol. The van der Waals surface area contributed by atoms with Gasteiger partial charge in [-0.3, -0.25) is 9.59 Å². The van der Waals surface area contributed by atoms with Crippen molar-refractivity contribution in [3.05, 3.63) is 95.1 Å². The Balaban J connectivity index is 2.07. The molecule has 3 aromatic rings. The summed E-state index contributed by atoms with van der Waals surface area (Å²) in [5, 5.41) is 15.6. The van der Waals surface area contributed by atoms with Crippen molar-refractivity contribution < 1.29 is 24.2 Å². The summed E-state index contributed by atoms with van der Waals surface area (Å²) in [6.07, 6.45) is 1.89. The summed E-state index contributed by atoms with van der Waals surface area (Å²) in [5.41, 5.74) is 3.23. The molecule has 0 saturated carbocycles. The number of hydrogen-bond acceptors (Lipinski definition) is 5. The fourth-order valence-electron chi connectivity index (χ4n) is 4.75. The standard InChI is InChI=1S/C35H45N3O5/c1-7-8-11-22-38(31(27-18-14-24(2)15-19-27)32(40)36-29-13-10-9-12-25(29)3)33(41)30(37-34(42)43-35(4,5)6)23-26-16-20-28(39)21-17-26/h9-10,12-21,30-31,39H,7-8,11,22-23H2,1-6H3,(H,36,40)(H,37,42). The molecule has 0 saturated heterocycles. The number of phenols is 1. The Morgan fingerprint density at radius 3 is 2.16 bits per heavy atom. The van der Waals surface area contributed by atoms with Gasteiger partial charge in [-0.25, -0.2) is 4.79 Å². The maximum absolute atomic E-state index is 14.5. The number of aromatic hydroxyl groups is 1. The maximum atomic E-state index is 14.5. The number of ether oxygens (including phenoxy) is 1. The molecule has 43 heavy (non-hydrogen) atoms. The van der Waals surface area contributed by atoms with E-state index < -0.39 is 29.7 Å². The van der Waals surface area contributed by atoms with E-state index in [0.29, 0.717) is 24.2 Å². The van der Waals surface area contributed by atoms with Gasteiger partial charge in [0.15, 0.2) is 0 Å². The Morgan fingerprint density at radius 2 is 1.56 bits per heavy atom. The van der Waals surface area contributed by atoms with Gasteiger partial charge in [0.1, 0.15) is 23.4 Å². The SMILES string of the molecule is CCCCCN(C(=O)C(Cc1ccc(O)cc1)NC(=O)OC(C)(C)C)C(C(=O)Nc1ccccc1C)c1ccc(C)cc1. The lowest BCUT2D eigenvalue weighted by Gasteiger charge is -2.35. The van der Waals surface area contributed by atoms with Crippen molar-refractivity contribution in [3.63, 3.8) is 0 Å². The van der Waals surface area contributed by atoms with Gasteiger partial charge < -0.3 is 25.4 Å². The number of unbranched alkanes of at least 4 members (excludes halogenated alkanes) is 2. The zero-order valence-electron chi connectivity index (χ0n) is 26.1. The molecule has 2 atom stereocenters. The van der Waals surface area contributed by atoms with Gasteiger partial charge in [0.25, 0.3) is 5.91 Å². The number of para-hydroxylation sites is 1. The molecular weight excluding hydrogens is 542 g/mol. The summed E-state index contributed by atoms with van der Waals surface area (Å²) in [6, 6.07) is 19.6. The number of nitrogens with one attached hydrogen (secondary N) is 2. The van der Waals surface area contributed by atoms with Crippen molar-refractivity contribution in [1.29, 1.82) is 0 Å². The molecule has 0 aromatic heterocycles. The Labute approximate surface area is 255 Å². The van der Waals surface area contributed by atoms with Crippen LogP contribution in [0.25, 0.3) is 0 Å². The van der Waals surface area contributed by atoms with Gasteiger partial charge in [-0.05, 0) is 75.9 Å². The minimum Gasteiger partial charge on any atom is -0.508 e. The molecule has 0 aliphatic carbocycles. The van der Waals surface area contributed by atoms with Crippen LogP contribution in [-0.4, -0.2) is 46.1 Å². The molecule has 3 aromatic carbocycles. The highest BCUT2D eigenvalue weighted by molar-refractivity contribution is 5.99. The van der Waals surface area contributed by atoms with Gasteiger partial charge in [-0.15, -0.1) is 0 Å². The maximum Gasteiger partial charge on any atom is 0.408 e. The molecule has 3 amide bonds. The molecule has 8 nitrogen and oxygen atoms in total. The third-order valence-corrected chi connectivity index (χ3v) is 7.01. The van der Waals surface area contributed by atoms with Crippen LogP contribution in [0.15, 0.2) is 72.8 Å². The van der Waals surface area contributed by atoms with Crippen molar-refractivity contribution >= 4 is 23.6 Å². The van der Waals surface area contributed by atoms with Crippen LogP contribution in [0.2, 0.25) is 0 Å². The third-order valence-electron chi connectivity index (χ3n) is 7.01. The van der Waals surface area contributed by atoms with E-state index in [0.717, 1.165) is 29.5 Å². The lowest BCUT2D eigenvalue weighted by Crippen LogP contribution is -2.53. The van der Waals surface area contributed by atoms with Crippen LogP contribution < -0.4 is 10.6 Å². The molecule has 0 spiro atoms. The first-order valence-corrected chi connectivity index (χ1v) is 14.9. The number of alkyl carbamates (subject to hydrolysis) is 1. The number of carbonyl (C=O) groups is 3. The van der Waals surface area contributed by atoms with Crippen LogP contribution in [0.1, 0.15) is 75.3 Å². The van der Waals surface area contributed by atoms with Gasteiger partial charge in [0.2, 0.25) is 5.91 Å². The van der Waals surface area contributed by atoms with E-state index in [2.05, 4.69) is 17.6 Å². The molecule has 0 radical (unpaired) electrons. The van der Waals surface area contributed by atoms with E-state index >= 15 is 0 Å². The van der Waals surface area contributed by atoms with Crippen molar-refractivity contribution in [2.45, 2.75) is 84.9 Å². The minimum absolute atomic E-state index is 0.0974. The molecular formula is C35H45N3O5. The van der Waals surface area contributed by atoms with E-state index in [9.17, 15) is 19.5 Å². The number of hydrogen-bond donors (Lipinski definition) is 3. The van der Waals surface area contributed by atoms with Gasteiger partial charge in [-0.2, -0.15) is 0 Å². The Morgan fingerprint density at radius 1 is 0.907 bits per heavy atom. The number of benzene rings is 3. The quantitative estimate of drug-likeness (QED) is 0.201. The number of nitrogens with zero attached hydrogens (tertiary/aromatic N) is 1. The van der Waals surface area contributed by atoms with E-state index in [4.69, 9.17) is 4.74 Å². The van der Waals surface area contributed by atoms with Gasteiger partial charge in [-0.1, -0.05) is 79.9 Å². The smallest absolute Gasteiger partial charge is 0.408 e. The second kappa shape index (κ2) is 15.2. The fourth-order valence-corrected chi connectivity index (χ4v) is 4.75. The van der Waals surface area contributed by atoms with Crippen LogP contribution in [0.5, 0.6) is 5.75 Å². The molecule has 2 unspecified atom stereocenters. The predicted molar refractivity (Wildman–Crippen MR) is 170 cm³/mol. The Bertz CT molecular complexity index is 1360. The number of anilines is 1.